The van der Waals surface area contributed by atoms with Gasteiger partial charge in [0.05, 0.1) is 11.6 Å². The molecule has 1 aliphatic heterocycles. The second-order valence-electron chi connectivity index (χ2n) is 5.85. The lowest BCUT2D eigenvalue weighted by Gasteiger charge is -2.29. The molecule has 0 unspecified atom stereocenters. The van der Waals surface area contributed by atoms with Crippen molar-refractivity contribution in [3.63, 3.8) is 0 Å². The second-order valence-corrected chi connectivity index (χ2v) is 5.85. The van der Waals surface area contributed by atoms with Crippen LogP contribution in [0, 0.1) is 5.92 Å². The molecule has 1 aromatic carbocycles. The van der Waals surface area contributed by atoms with E-state index >= 15 is 0 Å². The van der Waals surface area contributed by atoms with Gasteiger partial charge in [-0.15, -0.1) is 0 Å². The second kappa shape index (κ2) is 6.28. The van der Waals surface area contributed by atoms with E-state index in [-0.39, 0.29) is 31.0 Å². The third-order valence-electron chi connectivity index (χ3n) is 4.26. The average Bonchev–Trinajstić information content (AvgIpc) is 2.99. The average molecular weight is 318 g/mol. The van der Waals surface area contributed by atoms with Crippen LogP contribution in [0.2, 0.25) is 0 Å². The Kier molecular flexibility index (Phi) is 4.18. The summed E-state index contributed by atoms with van der Waals surface area (Å²) in [6.45, 7) is -0.178. The van der Waals surface area contributed by atoms with Gasteiger partial charge in [-0.05, 0) is 31.4 Å². The van der Waals surface area contributed by atoms with E-state index in [0.29, 0.717) is 30.7 Å². The van der Waals surface area contributed by atoms with E-state index in [1.54, 1.807) is 24.3 Å². The molecule has 0 radical (unpaired) electrons. The lowest BCUT2D eigenvalue weighted by atomic mass is 10.1. The number of amides is 2. The molecule has 0 aromatic heterocycles. The molecule has 0 spiro atoms. The first-order chi connectivity index (χ1) is 11.0. The van der Waals surface area contributed by atoms with Crippen LogP contribution in [0.3, 0.4) is 0 Å². The van der Waals surface area contributed by atoms with Crippen LogP contribution in [0.4, 0.5) is 5.69 Å². The van der Waals surface area contributed by atoms with E-state index in [1.165, 1.54) is 4.90 Å². The van der Waals surface area contributed by atoms with Crippen LogP contribution < -0.4 is 15.0 Å². The summed E-state index contributed by atoms with van der Waals surface area (Å²) >= 11 is 0. The molecule has 1 aromatic rings. The Morgan fingerprint density at radius 2 is 2.09 bits per heavy atom. The van der Waals surface area contributed by atoms with Gasteiger partial charge in [0.1, 0.15) is 12.3 Å². The van der Waals surface area contributed by atoms with Crippen molar-refractivity contribution in [1.29, 1.82) is 0 Å². The zero-order valence-electron chi connectivity index (χ0n) is 12.5. The maximum absolute atomic E-state index is 12.2. The number of aliphatic carboxylic acids is 1. The summed E-state index contributed by atoms with van der Waals surface area (Å²) in [7, 11) is 0. The first-order valence-electron chi connectivity index (χ1n) is 7.59. The molecule has 7 nitrogen and oxygen atoms in total. The van der Waals surface area contributed by atoms with Gasteiger partial charge in [0.25, 0.3) is 5.91 Å². The molecule has 7 heteroatoms. The van der Waals surface area contributed by atoms with E-state index in [2.05, 4.69) is 5.32 Å². The van der Waals surface area contributed by atoms with Gasteiger partial charge in [-0.25, -0.2) is 0 Å². The standard InChI is InChI=1S/C16H18N2O5/c19-14(17-11-6-5-10(7-11)16(21)22)8-18-12-3-1-2-4-13(12)23-9-15(18)20/h1-4,10-11H,5-9H2,(H,17,19)(H,21,22)/t10-,11+/m0/s1. The van der Waals surface area contributed by atoms with Crippen molar-refractivity contribution in [3.8, 4) is 5.75 Å². The molecule has 1 heterocycles. The van der Waals surface area contributed by atoms with Gasteiger partial charge in [-0.3, -0.25) is 19.3 Å². The van der Waals surface area contributed by atoms with Gasteiger partial charge in [-0.1, -0.05) is 12.1 Å². The molecule has 0 saturated heterocycles. The van der Waals surface area contributed by atoms with Crippen LogP contribution in [0.5, 0.6) is 5.75 Å². The summed E-state index contributed by atoms with van der Waals surface area (Å²) in [6.07, 6.45) is 1.66. The van der Waals surface area contributed by atoms with Crippen LogP contribution in [0.25, 0.3) is 0 Å². The highest BCUT2D eigenvalue weighted by molar-refractivity contribution is 6.02. The molecule has 1 fully saturated rings. The van der Waals surface area contributed by atoms with Crippen molar-refractivity contribution < 1.29 is 24.2 Å². The van der Waals surface area contributed by atoms with Gasteiger partial charge in [0.15, 0.2) is 6.61 Å². The van der Waals surface area contributed by atoms with Gasteiger partial charge >= 0.3 is 5.97 Å². The van der Waals surface area contributed by atoms with Crippen LogP contribution in [-0.2, 0) is 14.4 Å². The van der Waals surface area contributed by atoms with Crippen molar-refractivity contribution in [2.24, 2.45) is 5.92 Å². The van der Waals surface area contributed by atoms with Crippen molar-refractivity contribution in [1.82, 2.24) is 5.32 Å². The summed E-state index contributed by atoms with van der Waals surface area (Å²) in [5.41, 5.74) is 0.578. The fraction of sp³-hybridized carbons (Fsp3) is 0.438. The topological polar surface area (TPSA) is 95.9 Å². The van der Waals surface area contributed by atoms with Crippen LogP contribution in [-0.4, -0.2) is 42.1 Å². The predicted molar refractivity (Wildman–Crippen MR) is 81.2 cm³/mol. The van der Waals surface area contributed by atoms with Crippen molar-refractivity contribution in [2.45, 2.75) is 25.3 Å². The predicted octanol–water partition coefficient (Wildman–Crippen LogP) is 0.781. The summed E-state index contributed by atoms with van der Waals surface area (Å²) in [5, 5.41) is 11.8. The maximum Gasteiger partial charge on any atom is 0.306 e. The highest BCUT2D eigenvalue weighted by Gasteiger charge is 2.32. The number of rotatable bonds is 4. The highest BCUT2D eigenvalue weighted by atomic mass is 16.5. The van der Waals surface area contributed by atoms with Crippen LogP contribution in [0.15, 0.2) is 24.3 Å². The number of anilines is 1. The van der Waals surface area contributed by atoms with Gasteiger partial charge < -0.3 is 15.2 Å². The number of carbonyl (C=O) groups excluding carboxylic acids is 2. The number of hydrogen-bond donors (Lipinski definition) is 2. The first kappa shape index (κ1) is 15.3. The Bertz CT molecular complexity index is 645. The number of nitrogens with zero attached hydrogens (tertiary/aromatic N) is 1. The minimum absolute atomic E-state index is 0.0885. The van der Waals surface area contributed by atoms with Gasteiger partial charge in [0, 0.05) is 6.04 Å². The number of para-hydroxylation sites is 2. The summed E-state index contributed by atoms with van der Waals surface area (Å²) < 4.78 is 5.33. The third kappa shape index (κ3) is 3.28. The zero-order valence-corrected chi connectivity index (χ0v) is 12.5. The quantitative estimate of drug-likeness (QED) is 0.855. The number of carboxylic acids is 1. The number of ether oxygens (including phenoxy) is 1. The van der Waals surface area contributed by atoms with Crippen molar-refractivity contribution in [2.75, 3.05) is 18.1 Å². The fourth-order valence-corrected chi connectivity index (χ4v) is 3.08. The Balaban J connectivity index is 1.62. The molecule has 122 valence electrons. The minimum atomic E-state index is -0.820. The van der Waals surface area contributed by atoms with E-state index in [1.807, 2.05) is 0 Å². The summed E-state index contributed by atoms with van der Waals surface area (Å²) in [4.78, 5) is 36.6. The molecule has 1 saturated carbocycles. The largest absolute Gasteiger partial charge is 0.482 e. The molecule has 2 aliphatic rings. The summed E-state index contributed by atoms with van der Waals surface area (Å²) in [5.74, 6) is -1.20. The smallest absolute Gasteiger partial charge is 0.306 e. The third-order valence-corrected chi connectivity index (χ3v) is 4.26. The number of nitrogens with one attached hydrogen (secondary N) is 1. The highest BCUT2D eigenvalue weighted by Crippen LogP contribution is 2.31. The molecule has 3 rings (SSSR count). The number of fused-ring (bicyclic) bond motifs is 1. The summed E-state index contributed by atoms with van der Waals surface area (Å²) in [6, 6.07) is 6.92. The first-order valence-corrected chi connectivity index (χ1v) is 7.59. The SMILES string of the molecule is O=C(CN1C(=O)COc2ccccc21)N[C@@H]1CC[C@H](C(=O)O)C1. The number of carboxylic acid groups (broad SMARTS) is 1. The molecule has 23 heavy (non-hydrogen) atoms. The Labute approximate surface area is 133 Å². The molecular formula is C16H18N2O5. The molecule has 0 bridgehead atoms. The van der Waals surface area contributed by atoms with E-state index in [4.69, 9.17) is 9.84 Å². The lowest BCUT2D eigenvalue weighted by molar-refractivity contribution is -0.141. The monoisotopic (exact) mass is 318 g/mol. The Hall–Kier alpha value is -2.57. The van der Waals surface area contributed by atoms with Crippen LogP contribution in [0.1, 0.15) is 19.3 Å². The Morgan fingerprint density at radius 3 is 2.83 bits per heavy atom. The zero-order chi connectivity index (χ0) is 16.4. The number of benzene rings is 1. The molecule has 1 aliphatic carbocycles. The minimum Gasteiger partial charge on any atom is -0.482 e. The number of carbonyl (C=O) groups is 3. The van der Waals surface area contributed by atoms with Crippen LogP contribution >= 0.6 is 0 Å². The van der Waals surface area contributed by atoms with E-state index in [9.17, 15) is 14.4 Å². The Morgan fingerprint density at radius 1 is 1.30 bits per heavy atom. The van der Waals surface area contributed by atoms with Gasteiger partial charge in [0.2, 0.25) is 5.91 Å². The molecule has 2 N–H and O–H groups in total. The normalized spacial score (nSPS) is 23.1. The van der Waals surface area contributed by atoms with Crippen molar-refractivity contribution >= 4 is 23.5 Å². The van der Waals surface area contributed by atoms with E-state index < -0.39 is 11.9 Å². The molecule has 2 atom stereocenters. The number of hydrogen-bond acceptors (Lipinski definition) is 4. The molecule has 2 amide bonds. The maximum atomic E-state index is 12.2. The molecular weight excluding hydrogens is 300 g/mol. The van der Waals surface area contributed by atoms with Crippen molar-refractivity contribution in [3.05, 3.63) is 24.3 Å². The fourth-order valence-electron chi connectivity index (χ4n) is 3.08. The lowest BCUT2D eigenvalue weighted by Crippen LogP contribution is -2.47. The van der Waals surface area contributed by atoms with Gasteiger partial charge in [-0.2, -0.15) is 0 Å². The van der Waals surface area contributed by atoms with E-state index in [0.717, 1.165) is 0 Å².